The molecule has 7 heteroatoms. The highest BCUT2D eigenvalue weighted by atomic mass is 127. The number of rotatable bonds is 11. The third kappa shape index (κ3) is 10.9. The van der Waals surface area contributed by atoms with Gasteiger partial charge in [0.2, 0.25) is 0 Å². The average molecular weight is 597 g/mol. The highest BCUT2D eigenvalue weighted by molar-refractivity contribution is 7.85. The Kier molecular flexibility index (Phi) is 12.4. The molecule has 3 rings (SSSR count). The van der Waals surface area contributed by atoms with Crippen molar-refractivity contribution in [1.29, 1.82) is 0 Å². The molecule has 184 valence electrons. The summed E-state index contributed by atoms with van der Waals surface area (Å²) in [6.07, 6.45) is 4.56. The van der Waals surface area contributed by atoms with E-state index in [-0.39, 0.29) is 26.1 Å². The Hall–Kier alpha value is -2.10. The molecule has 0 aliphatic carbocycles. The number of aryl methyl sites for hydroxylation is 1. The van der Waals surface area contributed by atoms with Crippen molar-refractivity contribution >= 4 is 10.1 Å². The van der Waals surface area contributed by atoms with E-state index in [2.05, 4.69) is 62.4 Å². The molecule has 0 amide bonds. The van der Waals surface area contributed by atoms with Crippen molar-refractivity contribution < 1.29 is 43.6 Å². The third-order valence-electron chi connectivity index (χ3n) is 4.69. The summed E-state index contributed by atoms with van der Waals surface area (Å²) in [6.45, 7) is 7.80. The summed E-state index contributed by atoms with van der Waals surface area (Å²) in [4.78, 5) is -0.178. The lowest BCUT2D eigenvalue weighted by molar-refractivity contribution is -0.597. The molecule has 0 fully saturated rings. The van der Waals surface area contributed by atoms with E-state index in [1.54, 1.807) is 12.1 Å². The third-order valence-corrected chi connectivity index (χ3v) is 8.22. The highest BCUT2D eigenvalue weighted by Gasteiger charge is 2.15. The lowest BCUT2D eigenvalue weighted by atomic mass is 10.2. The minimum Gasteiger partial charge on any atom is -0.744 e. The molecular formula is C27H33IO5S. The van der Waals surface area contributed by atoms with E-state index in [0.717, 1.165) is 43.1 Å². The molecule has 0 saturated heterocycles. The number of ether oxygens (including phenoxy) is 2. The highest BCUT2D eigenvalue weighted by Crippen LogP contribution is 2.11. The minimum atomic E-state index is -4.27. The van der Waals surface area contributed by atoms with Crippen LogP contribution in [-0.4, -0.2) is 26.2 Å². The fraction of sp³-hybridized carbons (Fsp3) is 0.333. The maximum atomic E-state index is 10.4. The van der Waals surface area contributed by atoms with E-state index < -0.39 is 10.1 Å². The van der Waals surface area contributed by atoms with Crippen LogP contribution in [0.15, 0.2) is 77.7 Å². The zero-order chi connectivity index (χ0) is 24.8. The van der Waals surface area contributed by atoms with E-state index in [0.29, 0.717) is 0 Å². The Morgan fingerprint density at radius 1 is 0.706 bits per heavy atom. The molecular weight excluding hydrogens is 563 g/mol. The first kappa shape index (κ1) is 28.1. The van der Waals surface area contributed by atoms with E-state index in [4.69, 9.17) is 9.47 Å². The van der Waals surface area contributed by atoms with Crippen LogP contribution in [0.5, 0.6) is 11.5 Å². The number of hydrogen-bond acceptors (Lipinski definition) is 5. The molecule has 0 bridgehead atoms. The largest absolute Gasteiger partial charge is 0.744 e. The first-order valence-electron chi connectivity index (χ1n) is 11.4. The quantitative estimate of drug-likeness (QED) is 0.193. The van der Waals surface area contributed by atoms with E-state index in [9.17, 15) is 13.0 Å². The minimum absolute atomic E-state index is 0.142. The van der Waals surface area contributed by atoms with Crippen molar-refractivity contribution in [2.24, 2.45) is 0 Å². The van der Waals surface area contributed by atoms with Gasteiger partial charge in [0.15, 0.2) is 7.14 Å². The molecule has 0 aromatic heterocycles. The van der Waals surface area contributed by atoms with Gasteiger partial charge in [-0.15, -0.1) is 0 Å². The van der Waals surface area contributed by atoms with E-state index >= 15 is 0 Å². The topological polar surface area (TPSA) is 75.7 Å². The molecule has 0 aliphatic rings. The van der Waals surface area contributed by atoms with Crippen LogP contribution in [0.4, 0.5) is 0 Å². The fourth-order valence-electron chi connectivity index (χ4n) is 2.69. The van der Waals surface area contributed by atoms with Crippen molar-refractivity contribution in [3.63, 3.8) is 0 Å². The summed E-state index contributed by atoms with van der Waals surface area (Å²) in [5.41, 5.74) is 0.928. The summed E-state index contributed by atoms with van der Waals surface area (Å²) in [5, 5.41) is 0. The van der Waals surface area contributed by atoms with Gasteiger partial charge < -0.3 is 14.0 Å². The predicted molar refractivity (Wildman–Crippen MR) is 130 cm³/mol. The van der Waals surface area contributed by atoms with Crippen molar-refractivity contribution in [2.75, 3.05) is 13.2 Å². The second-order valence-electron chi connectivity index (χ2n) is 7.67. The maximum Gasteiger partial charge on any atom is 0.357 e. The molecule has 0 unspecified atom stereocenters. The van der Waals surface area contributed by atoms with E-state index in [1.807, 2.05) is 6.92 Å². The van der Waals surface area contributed by atoms with Crippen LogP contribution in [-0.2, 0) is 10.1 Å². The van der Waals surface area contributed by atoms with Crippen molar-refractivity contribution in [2.45, 2.75) is 51.3 Å². The van der Waals surface area contributed by atoms with Gasteiger partial charge in [0.05, 0.1) is 18.1 Å². The van der Waals surface area contributed by atoms with Gasteiger partial charge in [0.25, 0.3) is 0 Å². The van der Waals surface area contributed by atoms with E-state index in [1.165, 1.54) is 32.1 Å². The van der Waals surface area contributed by atoms with Crippen LogP contribution in [0.3, 0.4) is 0 Å². The standard InChI is InChI=1S/C20H26IO2.C7H8O3S/c1-3-5-15-22-19-11-7-17(8-12-19)21-18-9-13-20(14-10-18)23-16-6-4-2;1-6-2-4-7(5-3-6)11(8,9)10/h7-14H,3-6,15-16H2,1-2H3;2-5H,1H3,(H,8,9,10)/q+1;/p-1. The molecule has 0 radical (unpaired) electrons. The monoisotopic (exact) mass is 596 g/mol. The summed E-state index contributed by atoms with van der Waals surface area (Å²) in [7, 11) is -4.27. The van der Waals surface area contributed by atoms with Gasteiger partial charge in [0.1, 0.15) is 21.6 Å². The number of benzene rings is 3. The van der Waals surface area contributed by atoms with Gasteiger partial charge in [-0.25, -0.2) is 8.42 Å². The Bertz CT molecular complexity index is 1010. The molecule has 0 aliphatic heterocycles. The molecule has 0 heterocycles. The SMILES string of the molecule is CCCCOc1ccc([I+]c2ccc(OCCCC)cc2)cc1.Cc1ccc(S(=O)(=O)[O-])cc1. The van der Waals surface area contributed by atoms with Gasteiger partial charge in [-0.3, -0.25) is 0 Å². The molecule has 34 heavy (non-hydrogen) atoms. The second kappa shape index (κ2) is 15.0. The Morgan fingerprint density at radius 2 is 1.12 bits per heavy atom. The zero-order valence-electron chi connectivity index (χ0n) is 20.0. The maximum absolute atomic E-state index is 10.4. The van der Waals surface area contributed by atoms with Crippen molar-refractivity contribution in [3.8, 4) is 11.5 Å². The Morgan fingerprint density at radius 3 is 1.47 bits per heavy atom. The molecule has 0 spiro atoms. The van der Waals surface area contributed by atoms with Crippen LogP contribution in [0.1, 0.15) is 45.1 Å². The normalized spacial score (nSPS) is 10.8. The summed E-state index contributed by atoms with van der Waals surface area (Å²) >= 11 is -0.142. The van der Waals surface area contributed by atoms with Gasteiger partial charge in [-0.2, -0.15) is 0 Å². The van der Waals surface area contributed by atoms with Crippen LogP contribution in [0, 0.1) is 14.1 Å². The smallest absolute Gasteiger partial charge is 0.357 e. The Balaban J connectivity index is 0.000000310. The summed E-state index contributed by atoms with van der Waals surface area (Å²) in [6, 6.07) is 22.9. The lowest BCUT2D eigenvalue weighted by Gasteiger charge is -2.05. The molecule has 0 N–H and O–H groups in total. The van der Waals surface area contributed by atoms with Crippen molar-refractivity contribution in [3.05, 3.63) is 85.5 Å². The Labute approximate surface area is 214 Å². The summed E-state index contributed by atoms with van der Waals surface area (Å²) < 4.78 is 45.4. The predicted octanol–water partition coefficient (Wildman–Crippen LogP) is 3.07. The number of unbranched alkanes of at least 4 members (excludes halogenated alkanes) is 2. The molecule has 0 atom stereocenters. The second-order valence-corrected chi connectivity index (χ2v) is 12.1. The average Bonchev–Trinajstić information content (AvgIpc) is 2.82. The van der Waals surface area contributed by atoms with Gasteiger partial charge in [-0.1, -0.05) is 44.4 Å². The van der Waals surface area contributed by atoms with Gasteiger partial charge in [-0.05, 0) is 80.4 Å². The molecule has 3 aromatic rings. The molecule has 0 saturated carbocycles. The van der Waals surface area contributed by atoms with Crippen LogP contribution in [0.2, 0.25) is 0 Å². The van der Waals surface area contributed by atoms with Crippen LogP contribution in [0.25, 0.3) is 0 Å². The van der Waals surface area contributed by atoms with Crippen LogP contribution >= 0.6 is 0 Å². The number of halogens is 1. The summed E-state index contributed by atoms with van der Waals surface area (Å²) in [5.74, 6) is 1.96. The fourth-order valence-corrected chi connectivity index (χ4v) is 5.31. The van der Waals surface area contributed by atoms with Crippen LogP contribution < -0.4 is 30.7 Å². The first-order chi connectivity index (χ1) is 16.3. The zero-order valence-corrected chi connectivity index (χ0v) is 23.0. The first-order valence-corrected chi connectivity index (χ1v) is 15.0. The molecule has 5 nitrogen and oxygen atoms in total. The van der Waals surface area contributed by atoms with Crippen molar-refractivity contribution in [1.82, 2.24) is 0 Å². The van der Waals surface area contributed by atoms with Gasteiger partial charge >= 0.3 is 21.2 Å². The van der Waals surface area contributed by atoms with Gasteiger partial charge in [0, 0.05) is 0 Å². The lowest BCUT2D eigenvalue weighted by Crippen LogP contribution is -3.61. The number of hydrogen-bond donors (Lipinski definition) is 0. The molecule has 3 aromatic carbocycles.